The predicted octanol–water partition coefficient (Wildman–Crippen LogP) is 2.53. The summed E-state index contributed by atoms with van der Waals surface area (Å²) in [6, 6.07) is 5.29. The second kappa shape index (κ2) is 7.66. The molecule has 0 aliphatic heterocycles. The number of carbonyl (C=O) groups is 1. The summed E-state index contributed by atoms with van der Waals surface area (Å²) in [5.41, 5.74) is 0.722. The second-order valence-electron chi connectivity index (χ2n) is 3.42. The largest absolute Gasteiger partial charge is 0.497 e. The Hall–Kier alpha value is -1.62. The third-order valence-corrected chi connectivity index (χ3v) is 2.75. The van der Waals surface area contributed by atoms with Gasteiger partial charge in [0.05, 0.1) is 13.7 Å². The number of hydrogen-bond donors (Lipinski definition) is 1. The van der Waals surface area contributed by atoms with E-state index in [0.29, 0.717) is 18.1 Å². The maximum Gasteiger partial charge on any atom is 0.328 e. The molecule has 98 valence electrons. The molecule has 0 aromatic heterocycles. The first kappa shape index (κ1) is 14.4. The van der Waals surface area contributed by atoms with E-state index in [0.717, 1.165) is 17.4 Å². The van der Waals surface area contributed by atoms with Gasteiger partial charge < -0.3 is 14.6 Å². The SMILES string of the molecule is COc1ccc(/C=C/C(=O)O)c(OCCSC)c1. The van der Waals surface area contributed by atoms with Crippen molar-refractivity contribution >= 4 is 23.8 Å². The van der Waals surface area contributed by atoms with Crippen LogP contribution in [0.2, 0.25) is 0 Å². The average Bonchev–Trinajstić information content (AvgIpc) is 2.37. The number of hydrogen-bond acceptors (Lipinski definition) is 4. The van der Waals surface area contributed by atoms with Crippen molar-refractivity contribution in [2.75, 3.05) is 25.7 Å². The molecule has 0 heterocycles. The Morgan fingerprint density at radius 1 is 1.50 bits per heavy atom. The van der Waals surface area contributed by atoms with Crippen molar-refractivity contribution in [2.45, 2.75) is 0 Å². The van der Waals surface area contributed by atoms with Crippen molar-refractivity contribution in [3.05, 3.63) is 29.8 Å². The van der Waals surface area contributed by atoms with E-state index < -0.39 is 5.97 Å². The minimum absolute atomic E-state index is 0.572. The smallest absolute Gasteiger partial charge is 0.328 e. The van der Waals surface area contributed by atoms with Crippen LogP contribution in [0.25, 0.3) is 6.08 Å². The van der Waals surface area contributed by atoms with Crippen LogP contribution >= 0.6 is 11.8 Å². The third kappa shape index (κ3) is 4.71. The van der Waals surface area contributed by atoms with Crippen LogP contribution in [-0.2, 0) is 4.79 Å². The first-order valence-electron chi connectivity index (χ1n) is 5.38. The Morgan fingerprint density at radius 3 is 2.89 bits per heavy atom. The number of thioether (sulfide) groups is 1. The fourth-order valence-electron chi connectivity index (χ4n) is 1.30. The normalized spacial score (nSPS) is 10.6. The summed E-state index contributed by atoms with van der Waals surface area (Å²) in [6.07, 6.45) is 4.60. The van der Waals surface area contributed by atoms with Crippen LogP contribution in [0.5, 0.6) is 11.5 Å². The maximum absolute atomic E-state index is 10.5. The van der Waals surface area contributed by atoms with Crippen molar-refractivity contribution in [3.8, 4) is 11.5 Å². The molecule has 0 atom stereocenters. The lowest BCUT2D eigenvalue weighted by Crippen LogP contribution is -2.01. The highest BCUT2D eigenvalue weighted by molar-refractivity contribution is 7.98. The van der Waals surface area contributed by atoms with Crippen LogP contribution in [0.3, 0.4) is 0 Å². The molecule has 18 heavy (non-hydrogen) atoms. The van der Waals surface area contributed by atoms with Gasteiger partial charge in [0.25, 0.3) is 0 Å². The zero-order valence-corrected chi connectivity index (χ0v) is 11.2. The molecule has 0 radical (unpaired) electrons. The van der Waals surface area contributed by atoms with Crippen molar-refractivity contribution < 1.29 is 19.4 Å². The molecule has 0 aliphatic carbocycles. The van der Waals surface area contributed by atoms with Gasteiger partial charge in [-0.3, -0.25) is 0 Å². The van der Waals surface area contributed by atoms with E-state index in [4.69, 9.17) is 14.6 Å². The molecule has 1 rings (SSSR count). The Balaban J connectivity index is 2.89. The molecular formula is C13H16O4S. The maximum atomic E-state index is 10.5. The van der Waals surface area contributed by atoms with E-state index in [9.17, 15) is 4.79 Å². The first-order valence-corrected chi connectivity index (χ1v) is 6.77. The van der Waals surface area contributed by atoms with Crippen molar-refractivity contribution in [1.29, 1.82) is 0 Å². The molecule has 5 heteroatoms. The second-order valence-corrected chi connectivity index (χ2v) is 4.40. The predicted molar refractivity (Wildman–Crippen MR) is 73.5 cm³/mol. The van der Waals surface area contributed by atoms with Gasteiger partial charge in [-0.15, -0.1) is 0 Å². The Kier molecular flexibility index (Phi) is 6.14. The average molecular weight is 268 g/mol. The van der Waals surface area contributed by atoms with Crippen LogP contribution in [0.15, 0.2) is 24.3 Å². The molecule has 1 aromatic carbocycles. The number of methoxy groups -OCH3 is 1. The van der Waals surface area contributed by atoms with E-state index >= 15 is 0 Å². The van der Waals surface area contributed by atoms with Gasteiger partial charge in [-0.2, -0.15) is 11.8 Å². The Bertz CT molecular complexity index is 429. The number of rotatable bonds is 7. The van der Waals surface area contributed by atoms with E-state index in [1.165, 1.54) is 6.08 Å². The minimum atomic E-state index is -0.985. The van der Waals surface area contributed by atoms with E-state index in [1.54, 1.807) is 37.1 Å². The summed E-state index contributed by atoms with van der Waals surface area (Å²) in [6.45, 7) is 0.572. The summed E-state index contributed by atoms with van der Waals surface area (Å²) in [7, 11) is 1.58. The first-order chi connectivity index (χ1) is 8.67. The molecule has 0 saturated heterocycles. The van der Waals surface area contributed by atoms with Gasteiger partial charge in [0.1, 0.15) is 11.5 Å². The Morgan fingerprint density at radius 2 is 2.28 bits per heavy atom. The minimum Gasteiger partial charge on any atom is -0.497 e. The molecule has 1 aromatic rings. The van der Waals surface area contributed by atoms with E-state index in [2.05, 4.69) is 0 Å². The lowest BCUT2D eigenvalue weighted by atomic mass is 10.1. The van der Waals surface area contributed by atoms with Crippen molar-refractivity contribution in [2.24, 2.45) is 0 Å². The molecule has 1 N–H and O–H groups in total. The summed E-state index contributed by atoms with van der Waals surface area (Å²) in [4.78, 5) is 10.5. The monoisotopic (exact) mass is 268 g/mol. The number of benzene rings is 1. The van der Waals surface area contributed by atoms with Crippen molar-refractivity contribution in [1.82, 2.24) is 0 Å². The van der Waals surface area contributed by atoms with Gasteiger partial charge in [0.2, 0.25) is 0 Å². The van der Waals surface area contributed by atoms with Crippen LogP contribution < -0.4 is 9.47 Å². The van der Waals surface area contributed by atoms with Gasteiger partial charge in [-0.05, 0) is 24.5 Å². The lowest BCUT2D eigenvalue weighted by Gasteiger charge is -2.10. The van der Waals surface area contributed by atoms with Gasteiger partial charge in [0.15, 0.2) is 0 Å². The Labute approximate surface area is 111 Å². The lowest BCUT2D eigenvalue weighted by molar-refractivity contribution is -0.131. The molecule has 0 spiro atoms. The van der Waals surface area contributed by atoms with E-state index in [1.807, 2.05) is 6.26 Å². The van der Waals surface area contributed by atoms with E-state index in [-0.39, 0.29) is 0 Å². The molecule has 0 aliphatic rings. The van der Waals surface area contributed by atoms with Gasteiger partial charge >= 0.3 is 5.97 Å². The van der Waals surface area contributed by atoms with Gasteiger partial charge in [-0.25, -0.2) is 4.79 Å². The number of carboxylic acids is 1. The molecule has 0 amide bonds. The molecule has 4 nitrogen and oxygen atoms in total. The van der Waals surface area contributed by atoms with Crippen LogP contribution in [0, 0.1) is 0 Å². The van der Waals surface area contributed by atoms with Gasteiger partial charge in [0, 0.05) is 23.5 Å². The molecule has 0 saturated carbocycles. The highest BCUT2D eigenvalue weighted by Crippen LogP contribution is 2.26. The number of carboxylic acid groups (broad SMARTS) is 1. The highest BCUT2D eigenvalue weighted by Gasteiger charge is 2.04. The molecule has 0 fully saturated rings. The zero-order valence-electron chi connectivity index (χ0n) is 10.4. The van der Waals surface area contributed by atoms with Crippen LogP contribution in [0.1, 0.15) is 5.56 Å². The molecular weight excluding hydrogens is 252 g/mol. The molecule has 0 unspecified atom stereocenters. The third-order valence-electron chi connectivity index (χ3n) is 2.17. The summed E-state index contributed by atoms with van der Waals surface area (Å²) < 4.78 is 10.7. The highest BCUT2D eigenvalue weighted by atomic mass is 32.2. The number of ether oxygens (including phenoxy) is 2. The fourth-order valence-corrected chi connectivity index (χ4v) is 1.55. The van der Waals surface area contributed by atoms with Crippen molar-refractivity contribution in [3.63, 3.8) is 0 Å². The summed E-state index contributed by atoms with van der Waals surface area (Å²) >= 11 is 1.69. The summed E-state index contributed by atoms with van der Waals surface area (Å²) in [5, 5.41) is 8.62. The fraction of sp³-hybridized carbons (Fsp3) is 0.308. The topological polar surface area (TPSA) is 55.8 Å². The van der Waals surface area contributed by atoms with Crippen LogP contribution in [-0.4, -0.2) is 36.8 Å². The summed E-state index contributed by atoms with van der Waals surface area (Å²) in [5.74, 6) is 1.20. The molecule has 0 bridgehead atoms. The standard InChI is InChI=1S/C13H16O4S/c1-16-11-5-3-10(4-6-13(14)15)12(9-11)17-7-8-18-2/h3-6,9H,7-8H2,1-2H3,(H,14,15)/b6-4+. The number of aliphatic carboxylic acids is 1. The van der Waals surface area contributed by atoms with Gasteiger partial charge in [-0.1, -0.05) is 0 Å². The quantitative estimate of drug-likeness (QED) is 0.608. The zero-order chi connectivity index (χ0) is 13.4. The van der Waals surface area contributed by atoms with Crippen LogP contribution in [0.4, 0.5) is 0 Å².